The number of imidazole rings is 2. The van der Waals surface area contributed by atoms with Gasteiger partial charge in [0.15, 0.2) is 5.65 Å². The van der Waals surface area contributed by atoms with Crippen molar-refractivity contribution in [2.75, 3.05) is 5.73 Å². The molecule has 0 unspecified atom stereocenters. The zero-order valence-corrected chi connectivity index (χ0v) is 13.4. The molecule has 0 radical (unpaired) electrons. The lowest BCUT2D eigenvalue weighted by Crippen LogP contribution is -2.08. The highest BCUT2D eigenvalue weighted by atomic mass is 19.3. The van der Waals surface area contributed by atoms with Crippen LogP contribution in [0.25, 0.3) is 28.3 Å². The summed E-state index contributed by atoms with van der Waals surface area (Å²) < 4.78 is 42.0. The zero-order chi connectivity index (χ0) is 18.3. The molecule has 0 aliphatic rings. The van der Waals surface area contributed by atoms with E-state index in [1.54, 1.807) is 12.1 Å². The number of nitrogens with zero attached hydrogens (tertiary/aromatic N) is 5. The van der Waals surface area contributed by atoms with Gasteiger partial charge in [-0.05, 0) is 36.4 Å². The Balaban J connectivity index is 1.92. The molecular weight excluding hydrogens is 345 g/mol. The van der Waals surface area contributed by atoms with Gasteiger partial charge in [-0.1, -0.05) is 0 Å². The highest BCUT2D eigenvalue weighted by Gasteiger charge is 2.19. The number of rotatable bonds is 4. The van der Waals surface area contributed by atoms with Crippen LogP contribution in [0.5, 0.6) is 0 Å². The Kier molecular flexibility index (Phi) is 3.83. The highest BCUT2D eigenvalue weighted by Crippen LogP contribution is 2.31. The Morgan fingerprint density at radius 2 is 1.81 bits per heavy atom. The van der Waals surface area contributed by atoms with Crippen molar-refractivity contribution in [1.82, 2.24) is 24.1 Å². The van der Waals surface area contributed by atoms with Gasteiger partial charge in [0.2, 0.25) is 0 Å². The zero-order valence-electron chi connectivity index (χ0n) is 13.4. The summed E-state index contributed by atoms with van der Waals surface area (Å²) in [5, 5.41) is 4.40. The molecule has 0 spiro atoms. The number of halogens is 3. The van der Waals surface area contributed by atoms with Crippen molar-refractivity contribution in [2.24, 2.45) is 0 Å². The van der Waals surface area contributed by atoms with Crippen LogP contribution in [0.4, 0.5) is 19.0 Å². The maximum atomic E-state index is 13.2. The number of hydrogen-bond donors (Lipinski definition) is 1. The molecule has 4 aromatic rings. The fraction of sp³-hybridized carbons (Fsp3) is 0.118. The van der Waals surface area contributed by atoms with E-state index < -0.39 is 18.8 Å². The second kappa shape index (κ2) is 6.17. The number of aromatic nitrogens is 5. The maximum absolute atomic E-state index is 13.2. The van der Waals surface area contributed by atoms with Crippen molar-refractivity contribution in [1.29, 1.82) is 0 Å². The third kappa shape index (κ3) is 2.77. The summed E-state index contributed by atoms with van der Waals surface area (Å²) in [6, 6.07) is 9.00. The van der Waals surface area contributed by atoms with Crippen molar-refractivity contribution in [3.63, 3.8) is 0 Å². The smallest absolute Gasteiger partial charge is 0.256 e. The molecule has 26 heavy (non-hydrogen) atoms. The van der Waals surface area contributed by atoms with Crippen LogP contribution in [0.15, 0.2) is 48.9 Å². The molecule has 2 N–H and O–H groups in total. The summed E-state index contributed by atoms with van der Waals surface area (Å²) in [5.74, 6) is -0.0712. The standard InChI is InChI=1S/C17H13F3N6/c18-11-3-1-10(2-4-11)16-17(25(9-23-16)8-13(19)20)12-5-6-15-22-7-14(21)26(15)24-12/h1-7,9,13H,8,21H2. The Bertz CT molecular complexity index is 1070. The van der Waals surface area contributed by atoms with Crippen LogP contribution in [0, 0.1) is 5.82 Å². The van der Waals surface area contributed by atoms with E-state index in [4.69, 9.17) is 5.73 Å². The minimum absolute atomic E-state index is 0.324. The molecule has 6 nitrogen and oxygen atoms in total. The molecule has 0 atom stereocenters. The quantitative estimate of drug-likeness (QED) is 0.608. The van der Waals surface area contributed by atoms with Crippen LogP contribution in [0.1, 0.15) is 0 Å². The molecule has 132 valence electrons. The number of alkyl halides is 2. The molecule has 4 rings (SSSR count). The number of fused-ring (bicyclic) bond motifs is 1. The molecule has 9 heteroatoms. The van der Waals surface area contributed by atoms with Gasteiger partial charge in [-0.25, -0.2) is 23.1 Å². The first-order chi connectivity index (χ1) is 12.5. The van der Waals surface area contributed by atoms with Crippen LogP contribution in [0.2, 0.25) is 0 Å². The minimum Gasteiger partial charge on any atom is -0.382 e. The highest BCUT2D eigenvalue weighted by molar-refractivity contribution is 5.77. The second-order valence-corrected chi connectivity index (χ2v) is 5.66. The first-order valence-electron chi connectivity index (χ1n) is 7.73. The fourth-order valence-corrected chi connectivity index (χ4v) is 2.77. The molecule has 3 aromatic heterocycles. The van der Waals surface area contributed by atoms with Gasteiger partial charge in [0.25, 0.3) is 6.43 Å². The molecule has 0 aliphatic heterocycles. The summed E-state index contributed by atoms with van der Waals surface area (Å²) in [6.45, 7) is -0.539. The average Bonchev–Trinajstić information content (AvgIpc) is 3.19. The average molecular weight is 358 g/mol. The van der Waals surface area contributed by atoms with E-state index in [-0.39, 0.29) is 0 Å². The van der Waals surface area contributed by atoms with Gasteiger partial charge < -0.3 is 10.3 Å². The molecule has 3 heterocycles. The molecular formula is C17H13F3N6. The lowest BCUT2D eigenvalue weighted by atomic mass is 10.1. The second-order valence-electron chi connectivity index (χ2n) is 5.66. The van der Waals surface area contributed by atoms with E-state index in [9.17, 15) is 13.2 Å². The predicted molar refractivity (Wildman–Crippen MR) is 90.0 cm³/mol. The first-order valence-corrected chi connectivity index (χ1v) is 7.73. The van der Waals surface area contributed by atoms with Crippen molar-refractivity contribution in [2.45, 2.75) is 13.0 Å². The summed E-state index contributed by atoms with van der Waals surface area (Å²) in [4.78, 5) is 8.34. The van der Waals surface area contributed by atoms with E-state index in [0.717, 1.165) is 0 Å². The van der Waals surface area contributed by atoms with Crippen LogP contribution in [-0.2, 0) is 6.54 Å². The molecule has 0 aliphatic carbocycles. The summed E-state index contributed by atoms with van der Waals surface area (Å²) in [5.41, 5.74) is 8.19. The van der Waals surface area contributed by atoms with E-state index in [1.807, 2.05) is 0 Å². The number of nitrogen functional groups attached to an aromatic ring is 1. The molecule has 0 bridgehead atoms. The topological polar surface area (TPSA) is 74.0 Å². The Hall–Kier alpha value is -3.36. The van der Waals surface area contributed by atoms with Gasteiger partial charge in [0.1, 0.15) is 17.3 Å². The summed E-state index contributed by atoms with van der Waals surface area (Å²) >= 11 is 0. The normalized spacial score (nSPS) is 11.5. The number of benzene rings is 1. The number of hydrogen-bond acceptors (Lipinski definition) is 4. The lowest BCUT2D eigenvalue weighted by Gasteiger charge is -2.10. The van der Waals surface area contributed by atoms with Crippen molar-refractivity contribution in [3.8, 4) is 22.6 Å². The van der Waals surface area contributed by atoms with Crippen LogP contribution in [0.3, 0.4) is 0 Å². The van der Waals surface area contributed by atoms with Crippen molar-refractivity contribution in [3.05, 3.63) is 54.7 Å². The Morgan fingerprint density at radius 1 is 1.04 bits per heavy atom. The van der Waals surface area contributed by atoms with Crippen LogP contribution in [-0.4, -0.2) is 30.6 Å². The Labute approximate surface area is 145 Å². The molecule has 0 amide bonds. The third-order valence-corrected chi connectivity index (χ3v) is 3.92. The first kappa shape index (κ1) is 16.1. The molecule has 1 aromatic carbocycles. The molecule has 0 saturated carbocycles. The van der Waals surface area contributed by atoms with Crippen LogP contribution >= 0.6 is 0 Å². The molecule has 0 saturated heterocycles. The summed E-state index contributed by atoms with van der Waals surface area (Å²) in [7, 11) is 0. The SMILES string of the molecule is Nc1cnc2ccc(-c3c(-c4ccc(F)cc4)ncn3CC(F)F)nn12. The summed E-state index contributed by atoms with van der Waals surface area (Å²) in [6.07, 6.45) is 0.221. The van der Waals surface area contributed by atoms with Crippen molar-refractivity contribution < 1.29 is 13.2 Å². The lowest BCUT2D eigenvalue weighted by molar-refractivity contribution is 0.127. The van der Waals surface area contributed by atoms with E-state index in [0.29, 0.717) is 34.1 Å². The number of anilines is 1. The third-order valence-electron chi connectivity index (χ3n) is 3.92. The minimum atomic E-state index is -2.56. The fourth-order valence-electron chi connectivity index (χ4n) is 2.77. The van der Waals surface area contributed by atoms with Crippen molar-refractivity contribution >= 4 is 11.5 Å². The van der Waals surface area contributed by atoms with Gasteiger partial charge in [-0.3, -0.25) is 0 Å². The number of nitrogens with two attached hydrogens (primary N) is 1. The van der Waals surface area contributed by atoms with Crippen LogP contribution < -0.4 is 5.73 Å². The monoisotopic (exact) mass is 358 g/mol. The van der Waals surface area contributed by atoms with E-state index in [1.165, 1.54) is 45.9 Å². The van der Waals surface area contributed by atoms with Gasteiger partial charge in [-0.15, -0.1) is 0 Å². The van der Waals surface area contributed by atoms with E-state index in [2.05, 4.69) is 15.1 Å². The van der Waals surface area contributed by atoms with Gasteiger partial charge >= 0.3 is 0 Å². The van der Waals surface area contributed by atoms with Gasteiger partial charge in [0, 0.05) is 5.56 Å². The Morgan fingerprint density at radius 3 is 2.54 bits per heavy atom. The molecule has 0 fully saturated rings. The maximum Gasteiger partial charge on any atom is 0.256 e. The predicted octanol–water partition coefficient (Wildman–Crippen LogP) is 3.25. The largest absolute Gasteiger partial charge is 0.382 e. The van der Waals surface area contributed by atoms with Gasteiger partial charge in [-0.2, -0.15) is 9.61 Å². The van der Waals surface area contributed by atoms with Gasteiger partial charge in [0.05, 0.1) is 30.5 Å². The van der Waals surface area contributed by atoms with E-state index >= 15 is 0 Å².